The fourth-order valence-corrected chi connectivity index (χ4v) is 2.52. The Hall–Kier alpha value is -2.87. The Morgan fingerprint density at radius 3 is 2.92 bits per heavy atom. The molecule has 0 atom stereocenters. The second-order valence-electron chi connectivity index (χ2n) is 5.09. The van der Waals surface area contributed by atoms with Gasteiger partial charge in [0.15, 0.2) is 0 Å². The van der Waals surface area contributed by atoms with Crippen LogP contribution >= 0.6 is 11.6 Å². The molecule has 0 bridgehead atoms. The van der Waals surface area contributed by atoms with E-state index in [0.717, 1.165) is 16.5 Å². The summed E-state index contributed by atoms with van der Waals surface area (Å²) in [7, 11) is 0. The van der Waals surface area contributed by atoms with Crippen molar-refractivity contribution in [2.75, 3.05) is 6.54 Å². The number of carbonyl (C=O) groups is 1. The molecule has 0 unspecified atom stereocenters. The van der Waals surface area contributed by atoms with Gasteiger partial charge in [-0.2, -0.15) is 4.39 Å². The van der Waals surface area contributed by atoms with Crippen LogP contribution in [0.25, 0.3) is 10.9 Å². The number of H-pyrrole nitrogens is 2. The van der Waals surface area contributed by atoms with Gasteiger partial charge in [-0.15, -0.1) is 0 Å². The molecule has 0 saturated heterocycles. The Morgan fingerprint density at radius 2 is 2.12 bits per heavy atom. The molecule has 2 aromatic heterocycles. The van der Waals surface area contributed by atoms with Gasteiger partial charge in [0.05, 0.1) is 6.20 Å². The van der Waals surface area contributed by atoms with Crippen molar-refractivity contribution in [1.29, 1.82) is 0 Å². The summed E-state index contributed by atoms with van der Waals surface area (Å²) in [4.78, 5) is 39.2. The summed E-state index contributed by atoms with van der Waals surface area (Å²) in [5.41, 5.74) is -0.315. The Kier molecular flexibility index (Phi) is 4.22. The summed E-state index contributed by atoms with van der Waals surface area (Å²) in [5.74, 6) is -1.21. The van der Waals surface area contributed by atoms with Crippen molar-refractivity contribution < 1.29 is 9.18 Å². The van der Waals surface area contributed by atoms with E-state index < -0.39 is 23.1 Å². The summed E-state index contributed by atoms with van der Waals surface area (Å²) in [6.07, 6.45) is 2.84. The van der Waals surface area contributed by atoms with Gasteiger partial charge in [-0.3, -0.25) is 9.78 Å². The third-order valence-corrected chi connectivity index (χ3v) is 3.75. The zero-order valence-electron chi connectivity index (χ0n) is 12.2. The standard InChI is InChI=1S/C15H12ClFN4O3/c16-9-1-2-12-10(5-9)8(6-19-12)3-4-18-14(23)21-7-11(17)13(22)20-15(21)24/h1-2,5-7,19H,3-4H2,(H,18,23)(H,20,22,24). The van der Waals surface area contributed by atoms with E-state index in [4.69, 9.17) is 11.6 Å². The Labute approximate surface area is 139 Å². The Balaban J connectivity index is 1.71. The molecule has 1 aromatic carbocycles. The van der Waals surface area contributed by atoms with Crippen LogP contribution in [0.2, 0.25) is 5.02 Å². The lowest BCUT2D eigenvalue weighted by Crippen LogP contribution is -2.41. The number of amides is 1. The van der Waals surface area contributed by atoms with E-state index in [1.807, 2.05) is 12.1 Å². The van der Waals surface area contributed by atoms with Gasteiger partial charge >= 0.3 is 11.7 Å². The molecule has 0 aliphatic carbocycles. The summed E-state index contributed by atoms with van der Waals surface area (Å²) in [5, 5.41) is 4.03. The summed E-state index contributed by atoms with van der Waals surface area (Å²) in [6.45, 7) is 0.214. The first-order valence-corrected chi connectivity index (χ1v) is 7.38. The van der Waals surface area contributed by atoms with Crippen LogP contribution < -0.4 is 16.6 Å². The van der Waals surface area contributed by atoms with Gasteiger partial charge in [0.2, 0.25) is 5.82 Å². The Bertz CT molecular complexity index is 1040. The molecular formula is C15H12ClFN4O3. The topological polar surface area (TPSA) is 99.8 Å². The SMILES string of the molecule is O=C(NCCc1c[nH]c2ccc(Cl)cc12)n1cc(F)c(=O)[nH]c1=O. The second kappa shape index (κ2) is 6.32. The molecule has 0 radical (unpaired) electrons. The average Bonchev–Trinajstić information content (AvgIpc) is 2.93. The molecule has 9 heteroatoms. The summed E-state index contributed by atoms with van der Waals surface area (Å²) in [6, 6.07) is 4.60. The zero-order chi connectivity index (χ0) is 17.3. The summed E-state index contributed by atoms with van der Waals surface area (Å²) < 4.78 is 13.7. The maximum absolute atomic E-state index is 13.2. The van der Waals surface area contributed by atoms with Gasteiger partial charge in [0, 0.05) is 28.7 Å². The molecule has 0 spiro atoms. The number of nitrogens with one attached hydrogen (secondary N) is 3. The maximum Gasteiger partial charge on any atom is 0.336 e. The van der Waals surface area contributed by atoms with E-state index in [0.29, 0.717) is 22.2 Å². The molecular weight excluding hydrogens is 339 g/mol. The van der Waals surface area contributed by atoms with Crippen LogP contribution in [0.5, 0.6) is 0 Å². The van der Waals surface area contributed by atoms with Crippen LogP contribution in [-0.2, 0) is 6.42 Å². The third kappa shape index (κ3) is 3.09. The van der Waals surface area contributed by atoms with Crippen molar-refractivity contribution in [2.45, 2.75) is 6.42 Å². The van der Waals surface area contributed by atoms with Gasteiger partial charge in [-0.25, -0.2) is 14.2 Å². The highest BCUT2D eigenvalue weighted by Gasteiger charge is 2.11. The number of fused-ring (bicyclic) bond motifs is 1. The largest absolute Gasteiger partial charge is 0.361 e. The second-order valence-corrected chi connectivity index (χ2v) is 5.53. The number of rotatable bonds is 3. The lowest BCUT2D eigenvalue weighted by atomic mass is 10.1. The van der Waals surface area contributed by atoms with Crippen molar-refractivity contribution >= 4 is 28.5 Å². The van der Waals surface area contributed by atoms with Crippen LogP contribution in [0.1, 0.15) is 5.56 Å². The molecule has 0 saturated carbocycles. The first-order chi connectivity index (χ1) is 11.5. The van der Waals surface area contributed by atoms with Crippen LogP contribution in [0.4, 0.5) is 9.18 Å². The number of hydrogen-bond donors (Lipinski definition) is 3. The van der Waals surface area contributed by atoms with E-state index in [1.165, 1.54) is 0 Å². The number of hydrogen-bond acceptors (Lipinski definition) is 3. The zero-order valence-corrected chi connectivity index (χ0v) is 13.0. The maximum atomic E-state index is 13.2. The Morgan fingerprint density at radius 1 is 1.33 bits per heavy atom. The number of carbonyl (C=O) groups excluding carboxylic acids is 1. The highest BCUT2D eigenvalue weighted by molar-refractivity contribution is 6.31. The predicted octanol–water partition coefficient (Wildman–Crippen LogP) is 1.61. The first-order valence-electron chi connectivity index (χ1n) is 7.01. The number of nitrogens with zero attached hydrogens (tertiary/aromatic N) is 1. The van der Waals surface area contributed by atoms with E-state index >= 15 is 0 Å². The third-order valence-electron chi connectivity index (χ3n) is 3.52. The number of halogens is 2. The average molecular weight is 351 g/mol. The quantitative estimate of drug-likeness (QED) is 0.669. The molecule has 7 nitrogen and oxygen atoms in total. The van der Waals surface area contributed by atoms with Gasteiger partial charge in [0.1, 0.15) is 0 Å². The highest BCUT2D eigenvalue weighted by Crippen LogP contribution is 2.22. The van der Waals surface area contributed by atoms with Crippen molar-refractivity contribution in [3.8, 4) is 0 Å². The minimum atomic E-state index is -1.21. The molecule has 2 heterocycles. The number of benzene rings is 1. The fraction of sp³-hybridized carbons (Fsp3) is 0.133. The molecule has 3 aromatic rings. The monoisotopic (exact) mass is 350 g/mol. The first kappa shape index (κ1) is 16.0. The van der Waals surface area contributed by atoms with E-state index in [9.17, 15) is 18.8 Å². The van der Waals surface area contributed by atoms with Gasteiger partial charge in [0.25, 0.3) is 5.56 Å². The minimum absolute atomic E-state index is 0.214. The smallest absolute Gasteiger partial charge is 0.336 e. The van der Waals surface area contributed by atoms with Crippen molar-refractivity contribution in [3.05, 3.63) is 67.8 Å². The van der Waals surface area contributed by atoms with Gasteiger partial charge < -0.3 is 10.3 Å². The highest BCUT2D eigenvalue weighted by atomic mass is 35.5. The lowest BCUT2D eigenvalue weighted by Gasteiger charge is -2.06. The van der Waals surface area contributed by atoms with Crippen molar-refractivity contribution in [2.24, 2.45) is 0 Å². The molecule has 24 heavy (non-hydrogen) atoms. The number of aromatic nitrogens is 3. The van der Waals surface area contributed by atoms with Crippen molar-refractivity contribution in [1.82, 2.24) is 19.9 Å². The van der Waals surface area contributed by atoms with Gasteiger partial charge in [-0.1, -0.05) is 11.6 Å². The molecule has 0 aliphatic heterocycles. The van der Waals surface area contributed by atoms with E-state index in [-0.39, 0.29) is 6.54 Å². The minimum Gasteiger partial charge on any atom is -0.361 e. The van der Waals surface area contributed by atoms with E-state index in [2.05, 4.69) is 10.3 Å². The van der Waals surface area contributed by atoms with Crippen molar-refractivity contribution in [3.63, 3.8) is 0 Å². The molecule has 0 aliphatic rings. The van der Waals surface area contributed by atoms with Crippen LogP contribution in [0, 0.1) is 5.82 Å². The fourth-order valence-electron chi connectivity index (χ4n) is 2.35. The van der Waals surface area contributed by atoms with Crippen LogP contribution in [0.3, 0.4) is 0 Å². The molecule has 0 fully saturated rings. The molecule has 3 rings (SSSR count). The molecule has 3 N–H and O–H groups in total. The molecule has 1 amide bonds. The lowest BCUT2D eigenvalue weighted by molar-refractivity contribution is 0.241. The predicted molar refractivity (Wildman–Crippen MR) is 87.1 cm³/mol. The van der Waals surface area contributed by atoms with Gasteiger partial charge in [-0.05, 0) is 30.2 Å². The van der Waals surface area contributed by atoms with Crippen LogP contribution in [-0.4, -0.2) is 27.1 Å². The molecule has 124 valence electrons. The number of aromatic amines is 2. The normalized spacial score (nSPS) is 10.9. The van der Waals surface area contributed by atoms with Crippen LogP contribution in [0.15, 0.2) is 40.2 Å². The van der Waals surface area contributed by atoms with E-state index in [1.54, 1.807) is 17.2 Å². The summed E-state index contributed by atoms with van der Waals surface area (Å²) >= 11 is 5.97.